The Kier molecular flexibility index (Phi) is 6.25. The molecule has 0 saturated carbocycles. The van der Waals surface area contributed by atoms with E-state index in [-0.39, 0.29) is 0 Å². The molecule has 0 saturated heterocycles. The predicted octanol–water partition coefficient (Wildman–Crippen LogP) is 5.95. The topological polar surface area (TPSA) is 84.5 Å². The molecular formula is C28H22N2O4. The number of nitrogens with zero attached hydrogens (tertiary/aromatic N) is 2. The fourth-order valence-electron chi connectivity index (χ4n) is 4.19. The second-order valence-corrected chi connectivity index (χ2v) is 7.44. The number of benzene rings is 4. The van der Waals surface area contributed by atoms with E-state index in [0.29, 0.717) is 34.1 Å². The van der Waals surface area contributed by atoms with Gasteiger partial charge in [0.1, 0.15) is 23.0 Å². The lowest BCUT2D eigenvalue weighted by molar-refractivity contribution is 0.409. The minimum atomic E-state index is 0.492. The molecule has 168 valence electrons. The number of ether oxygens (including phenoxy) is 4. The first-order chi connectivity index (χ1) is 16.6. The van der Waals surface area contributed by atoms with E-state index >= 15 is 0 Å². The Morgan fingerprint density at radius 1 is 0.529 bits per heavy atom. The lowest BCUT2D eigenvalue weighted by atomic mass is 9.88. The standard InChI is InChI=1S/C28H22N2O4/c1-31-22-11-7-19-8-12-23(32-2)28(21-10-6-18(16-30)14-25(21)34-4)26(19)27(22)20-9-5-17(15-29)13-24(20)33-3/h5-14H,1-4H3. The van der Waals surface area contributed by atoms with Gasteiger partial charge in [0.05, 0.1) is 51.7 Å². The Hall–Kier alpha value is -4.68. The molecule has 0 aliphatic heterocycles. The molecule has 0 bridgehead atoms. The van der Waals surface area contributed by atoms with Crippen molar-refractivity contribution in [3.05, 3.63) is 71.8 Å². The van der Waals surface area contributed by atoms with Gasteiger partial charge in [0.25, 0.3) is 0 Å². The van der Waals surface area contributed by atoms with Gasteiger partial charge in [-0.25, -0.2) is 0 Å². The molecule has 4 rings (SSSR count). The number of hydrogen-bond acceptors (Lipinski definition) is 6. The molecule has 4 aromatic carbocycles. The highest BCUT2D eigenvalue weighted by molar-refractivity contribution is 6.11. The van der Waals surface area contributed by atoms with Crippen molar-refractivity contribution in [3.63, 3.8) is 0 Å². The first-order valence-electron chi connectivity index (χ1n) is 10.4. The van der Waals surface area contributed by atoms with Gasteiger partial charge >= 0.3 is 0 Å². The van der Waals surface area contributed by atoms with Crippen LogP contribution in [0.5, 0.6) is 23.0 Å². The molecule has 0 spiro atoms. The zero-order valence-corrected chi connectivity index (χ0v) is 19.3. The van der Waals surface area contributed by atoms with Crippen LogP contribution in [0, 0.1) is 22.7 Å². The van der Waals surface area contributed by atoms with Crippen molar-refractivity contribution in [2.75, 3.05) is 28.4 Å². The van der Waals surface area contributed by atoms with E-state index in [1.807, 2.05) is 36.4 Å². The summed E-state index contributed by atoms with van der Waals surface area (Å²) in [7, 11) is 6.37. The van der Waals surface area contributed by atoms with E-state index in [0.717, 1.165) is 33.0 Å². The average Bonchev–Trinajstić information content (AvgIpc) is 2.90. The third-order valence-corrected chi connectivity index (χ3v) is 5.75. The van der Waals surface area contributed by atoms with Crippen LogP contribution in [0.2, 0.25) is 0 Å². The maximum Gasteiger partial charge on any atom is 0.128 e. The predicted molar refractivity (Wildman–Crippen MR) is 130 cm³/mol. The van der Waals surface area contributed by atoms with Crippen molar-refractivity contribution in [3.8, 4) is 57.4 Å². The summed E-state index contributed by atoms with van der Waals surface area (Å²) in [5.74, 6) is 2.37. The first-order valence-corrected chi connectivity index (χ1v) is 10.4. The molecule has 6 nitrogen and oxygen atoms in total. The van der Waals surface area contributed by atoms with Crippen LogP contribution in [-0.4, -0.2) is 28.4 Å². The zero-order chi connectivity index (χ0) is 24.2. The van der Waals surface area contributed by atoms with E-state index in [4.69, 9.17) is 18.9 Å². The van der Waals surface area contributed by atoms with Crippen molar-refractivity contribution in [2.45, 2.75) is 0 Å². The molecular weight excluding hydrogens is 428 g/mol. The number of nitriles is 2. The Bertz CT molecular complexity index is 1370. The summed E-state index contributed by atoms with van der Waals surface area (Å²) in [5.41, 5.74) is 4.11. The fraction of sp³-hybridized carbons (Fsp3) is 0.143. The molecule has 0 aliphatic rings. The van der Waals surface area contributed by atoms with Crippen LogP contribution in [0.4, 0.5) is 0 Å². The first kappa shape index (κ1) is 22.5. The third-order valence-electron chi connectivity index (χ3n) is 5.75. The molecule has 0 aliphatic carbocycles. The van der Waals surface area contributed by atoms with Gasteiger partial charge in [-0.1, -0.05) is 12.1 Å². The summed E-state index contributed by atoms with van der Waals surface area (Å²) >= 11 is 0. The van der Waals surface area contributed by atoms with Gasteiger partial charge in [-0.3, -0.25) is 0 Å². The largest absolute Gasteiger partial charge is 0.496 e. The minimum absolute atomic E-state index is 0.492. The van der Waals surface area contributed by atoms with Gasteiger partial charge in [0.15, 0.2) is 0 Å². The Labute approximate surface area is 198 Å². The maximum atomic E-state index is 9.37. The second kappa shape index (κ2) is 9.44. The normalized spacial score (nSPS) is 10.3. The quantitative estimate of drug-likeness (QED) is 0.361. The summed E-state index contributed by atoms with van der Waals surface area (Å²) in [6.07, 6.45) is 0. The van der Waals surface area contributed by atoms with Crippen molar-refractivity contribution in [1.82, 2.24) is 0 Å². The highest BCUT2D eigenvalue weighted by atomic mass is 16.5. The Morgan fingerprint density at radius 3 is 1.29 bits per heavy atom. The summed E-state index contributed by atoms with van der Waals surface area (Å²) in [6.45, 7) is 0. The molecule has 0 aromatic heterocycles. The van der Waals surface area contributed by atoms with Gasteiger partial charge < -0.3 is 18.9 Å². The lowest BCUT2D eigenvalue weighted by Gasteiger charge is -2.21. The highest BCUT2D eigenvalue weighted by Gasteiger charge is 2.23. The van der Waals surface area contributed by atoms with Crippen LogP contribution in [0.25, 0.3) is 33.0 Å². The van der Waals surface area contributed by atoms with Gasteiger partial charge in [-0.15, -0.1) is 0 Å². The van der Waals surface area contributed by atoms with Crippen molar-refractivity contribution >= 4 is 10.8 Å². The smallest absolute Gasteiger partial charge is 0.128 e. The van der Waals surface area contributed by atoms with Crippen molar-refractivity contribution in [2.24, 2.45) is 0 Å². The van der Waals surface area contributed by atoms with Crippen LogP contribution < -0.4 is 18.9 Å². The van der Waals surface area contributed by atoms with Gasteiger partial charge in [-0.2, -0.15) is 10.5 Å². The van der Waals surface area contributed by atoms with Crippen LogP contribution in [0.3, 0.4) is 0 Å². The molecule has 0 heterocycles. The maximum absolute atomic E-state index is 9.37. The van der Waals surface area contributed by atoms with Crippen molar-refractivity contribution < 1.29 is 18.9 Å². The lowest BCUT2D eigenvalue weighted by Crippen LogP contribution is -1.98. The number of rotatable bonds is 6. The Morgan fingerprint density at radius 2 is 0.941 bits per heavy atom. The summed E-state index contributed by atoms with van der Waals surface area (Å²) in [4.78, 5) is 0. The van der Waals surface area contributed by atoms with Gasteiger partial charge in [0.2, 0.25) is 0 Å². The number of hydrogen-bond donors (Lipinski definition) is 0. The summed E-state index contributed by atoms with van der Waals surface area (Å²) in [6, 6.07) is 22.7. The molecule has 4 aromatic rings. The Balaban J connectivity index is 2.20. The third kappa shape index (κ3) is 3.72. The highest BCUT2D eigenvalue weighted by Crippen LogP contribution is 2.49. The van der Waals surface area contributed by atoms with Crippen LogP contribution in [0.15, 0.2) is 60.7 Å². The fourth-order valence-corrected chi connectivity index (χ4v) is 4.19. The van der Waals surface area contributed by atoms with E-state index in [1.54, 1.807) is 52.7 Å². The van der Waals surface area contributed by atoms with Crippen LogP contribution in [0.1, 0.15) is 11.1 Å². The van der Waals surface area contributed by atoms with E-state index in [1.165, 1.54) is 0 Å². The van der Waals surface area contributed by atoms with Crippen LogP contribution in [-0.2, 0) is 0 Å². The number of methoxy groups -OCH3 is 4. The van der Waals surface area contributed by atoms with E-state index in [2.05, 4.69) is 12.1 Å². The molecule has 0 fully saturated rings. The molecule has 34 heavy (non-hydrogen) atoms. The van der Waals surface area contributed by atoms with Gasteiger partial charge in [0, 0.05) is 27.6 Å². The minimum Gasteiger partial charge on any atom is -0.496 e. The molecule has 0 N–H and O–H groups in total. The monoisotopic (exact) mass is 450 g/mol. The zero-order valence-electron chi connectivity index (χ0n) is 19.3. The summed E-state index contributed by atoms with van der Waals surface area (Å²) < 4.78 is 22.9. The summed E-state index contributed by atoms with van der Waals surface area (Å²) in [5, 5.41) is 20.6. The number of fused-ring (bicyclic) bond motifs is 1. The molecule has 0 unspecified atom stereocenters. The second-order valence-electron chi connectivity index (χ2n) is 7.44. The molecule has 0 amide bonds. The van der Waals surface area contributed by atoms with E-state index in [9.17, 15) is 10.5 Å². The van der Waals surface area contributed by atoms with Crippen LogP contribution >= 0.6 is 0 Å². The van der Waals surface area contributed by atoms with Crippen molar-refractivity contribution in [1.29, 1.82) is 10.5 Å². The molecule has 0 atom stereocenters. The average molecular weight is 450 g/mol. The molecule has 6 heteroatoms. The molecule has 0 radical (unpaired) electrons. The SMILES string of the molecule is COc1cc(C#N)ccc1-c1c(OC)ccc2ccc(OC)c(-c3ccc(C#N)cc3OC)c12. The van der Waals surface area contributed by atoms with Gasteiger partial charge in [-0.05, 0) is 53.9 Å². The van der Waals surface area contributed by atoms with E-state index < -0.39 is 0 Å².